The molecular weight excluding hydrogens is 472 g/mol. The van der Waals surface area contributed by atoms with Gasteiger partial charge < -0.3 is 59.5 Å². The van der Waals surface area contributed by atoms with Gasteiger partial charge in [0.25, 0.3) is 0 Å². The van der Waals surface area contributed by atoms with E-state index in [9.17, 15) is 45.6 Å². The lowest BCUT2D eigenvalue weighted by molar-refractivity contribution is -0.277. The number of phenols is 4. The van der Waals surface area contributed by atoms with Crippen molar-refractivity contribution in [3.63, 3.8) is 0 Å². The number of fused-ring (bicyclic) bond motifs is 1. The molecule has 8 N–H and O–H groups in total. The van der Waals surface area contributed by atoms with Crippen LogP contribution in [0.25, 0.3) is 22.3 Å². The van der Waals surface area contributed by atoms with Crippen LogP contribution in [0.5, 0.6) is 34.5 Å². The third kappa shape index (κ3) is 4.15. The molecule has 0 spiro atoms. The molecular formula is C22H22O13. The molecule has 188 valence electrons. The lowest BCUT2D eigenvalue weighted by Crippen LogP contribution is -2.60. The quantitative estimate of drug-likeness (QED) is 0.224. The summed E-state index contributed by atoms with van der Waals surface area (Å²) in [6.45, 7) is -0.760. The van der Waals surface area contributed by atoms with Crippen LogP contribution in [0.4, 0.5) is 0 Å². The van der Waals surface area contributed by atoms with Crippen LogP contribution in [-0.4, -0.2) is 85.3 Å². The van der Waals surface area contributed by atoms with Gasteiger partial charge in [0, 0.05) is 17.7 Å². The molecule has 1 aromatic heterocycles. The molecule has 1 fully saturated rings. The number of hydrogen-bond acceptors (Lipinski definition) is 13. The van der Waals surface area contributed by atoms with E-state index < -0.39 is 82.6 Å². The lowest BCUT2D eigenvalue weighted by Gasteiger charge is -2.39. The summed E-state index contributed by atoms with van der Waals surface area (Å²) in [6.07, 6.45) is -8.55. The van der Waals surface area contributed by atoms with E-state index in [1.807, 2.05) is 0 Å². The van der Waals surface area contributed by atoms with Crippen molar-refractivity contribution in [2.45, 2.75) is 30.7 Å². The average molecular weight is 494 g/mol. The molecule has 5 atom stereocenters. The van der Waals surface area contributed by atoms with Crippen molar-refractivity contribution in [1.29, 1.82) is 0 Å². The molecule has 1 aliphatic heterocycles. The van der Waals surface area contributed by atoms with Crippen LogP contribution in [0.2, 0.25) is 0 Å². The molecule has 1 aliphatic rings. The van der Waals surface area contributed by atoms with Crippen molar-refractivity contribution in [2.24, 2.45) is 0 Å². The molecule has 2 unspecified atom stereocenters. The van der Waals surface area contributed by atoms with Gasteiger partial charge in [-0.25, -0.2) is 0 Å². The Morgan fingerprint density at radius 3 is 2.14 bits per heavy atom. The van der Waals surface area contributed by atoms with Crippen molar-refractivity contribution < 1.29 is 59.5 Å². The largest absolute Gasteiger partial charge is 0.508 e. The fourth-order valence-corrected chi connectivity index (χ4v) is 3.79. The van der Waals surface area contributed by atoms with Crippen LogP contribution in [0.1, 0.15) is 0 Å². The molecule has 13 nitrogen and oxygen atoms in total. The van der Waals surface area contributed by atoms with E-state index in [1.54, 1.807) is 0 Å². The second-order valence-electron chi connectivity index (χ2n) is 7.79. The van der Waals surface area contributed by atoms with Gasteiger partial charge in [0.2, 0.25) is 23.2 Å². The highest BCUT2D eigenvalue weighted by Gasteiger charge is 2.45. The van der Waals surface area contributed by atoms with Crippen molar-refractivity contribution in [2.75, 3.05) is 13.7 Å². The highest BCUT2D eigenvalue weighted by Crippen LogP contribution is 2.43. The number of hydrogen-bond donors (Lipinski definition) is 8. The molecule has 0 aliphatic carbocycles. The van der Waals surface area contributed by atoms with Crippen LogP contribution < -0.4 is 14.9 Å². The third-order valence-corrected chi connectivity index (χ3v) is 5.52. The van der Waals surface area contributed by atoms with Crippen LogP contribution in [-0.2, 0) is 4.74 Å². The molecule has 3 aromatic rings. The minimum absolute atomic E-state index is 0.123. The van der Waals surface area contributed by atoms with Crippen LogP contribution in [0, 0.1) is 0 Å². The average Bonchev–Trinajstić information content (AvgIpc) is 2.80. The maximum Gasteiger partial charge on any atom is 0.239 e. The Bertz CT molecular complexity index is 1290. The number of aliphatic hydroxyl groups excluding tert-OH is 4. The van der Waals surface area contributed by atoms with Gasteiger partial charge in [-0.2, -0.15) is 0 Å². The third-order valence-electron chi connectivity index (χ3n) is 5.52. The van der Waals surface area contributed by atoms with Crippen molar-refractivity contribution in [3.8, 4) is 45.8 Å². The maximum absolute atomic E-state index is 13.4. The molecule has 0 radical (unpaired) electrons. The predicted molar refractivity (Wildman–Crippen MR) is 116 cm³/mol. The van der Waals surface area contributed by atoms with Crippen molar-refractivity contribution in [1.82, 2.24) is 0 Å². The summed E-state index contributed by atoms with van der Waals surface area (Å²) in [7, 11) is 1.20. The van der Waals surface area contributed by atoms with E-state index in [1.165, 1.54) is 7.11 Å². The summed E-state index contributed by atoms with van der Waals surface area (Å²) in [5.41, 5.74) is -1.42. The first-order valence-electron chi connectivity index (χ1n) is 10.2. The van der Waals surface area contributed by atoms with Gasteiger partial charge in [-0.15, -0.1) is 0 Å². The Hall–Kier alpha value is -3.75. The normalized spacial score (nSPS) is 24.4. The molecule has 2 heterocycles. The van der Waals surface area contributed by atoms with Crippen LogP contribution in [0.15, 0.2) is 33.5 Å². The summed E-state index contributed by atoms with van der Waals surface area (Å²) >= 11 is 0. The first-order chi connectivity index (χ1) is 16.6. The molecule has 1 saturated heterocycles. The van der Waals surface area contributed by atoms with E-state index >= 15 is 0 Å². The Morgan fingerprint density at radius 2 is 1.54 bits per heavy atom. The van der Waals surface area contributed by atoms with Gasteiger partial charge in [-0.05, 0) is 12.1 Å². The molecule has 35 heavy (non-hydrogen) atoms. The molecule has 0 amide bonds. The SMILES string of the molecule is COc1c(O)cc(-c2oc3cc(O)cc(O)c3c(=O)c2O[C@@H]2OC(CO)[C@H](O)[C@H](O)C2O)cc1O. The van der Waals surface area contributed by atoms with Crippen molar-refractivity contribution >= 4 is 11.0 Å². The van der Waals surface area contributed by atoms with Gasteiger partial charge in [0.1, 0.15) is 46.9 Å². The zero-order valence-corrected chi connectivity index (χ0v) is 18.0. The highest BCUT2D eigenvalue weighted by molar-refractivity contribution is 5.88. The number of aliphatic hydroxyl groups is 4. The number of aromatic hydroxyl groups is 4. The standard InChI is InChI=1S/C22H22O13/c1-32-20-10(26)2-7(3-11(20)27)19-21(16(29)14-9(25)4-8(24)5-12(14)33-19)35-22-18(31)17(30)15(28)13(6-23)34-22/h2-5,13,15,17-18,22-28,30-31H,6H2,1H3/t13?,15-,17-,18?,22-/m0/s1. The van der Waals surface area contributed by atoms with Crippen LogP contribution >= 0.6 is 0 Å². The monoisotopic (exact) mass is 494 g/mol. The number of benzene rings is 2. The number of rotatable bonds is 5. The molecule has 0 bridgehead atoms. The summed E-state index contributed by atoms with van der Waals surface area (Å²) in [5, 5.41) is 79.8. The van der Waals surface area contributed by atoms with E-state index in [-0.39, 0.29) is 16.9 Å². The number of ether oxygens (including phenoxy) is 3. The maximum atomic E-state index is 13.4. The zero-order chi connectivity index (χ0) is 25.6. The van der Waals surface area contributed by atoms with Gasteiger partial charge >= 0.3 is 0 Å². The Balaban J connectivity index is 1.93. The van der Waals surface area contributed by atoms with E-state index in [4.69, 9.17) is 18.6 Å². The predicted octanol–water partition coefficient (Wildman–Crippen LogP) is -0.530. The summed E-state index contributed by atoms with van der Waals surface area (Å²) in [4.78, 5) is 13.4. The van der Waals surface area contributed by atoms with E-state index in [0.29, 0.717) is 0 Å². The summed E-state index contributed by atoms with van der Waals surface area (Å²) in [6, 6.07) is 4.03. The lowest BCUT2D eigenvalue weighted by atomic mass is 9.99. The summed E-state index contributed by atoms with van der Waals surface area (Å²) in [5.74, 6) is -3.58. The Morgan fingerprint density at radius 1 is 0.886 bits per heavy atom. The second kappa shape index (κ2) is 9.13. The molecule has 2 aromatic carbocycles. The van der Waals surface area contributed by atoms with E-state index in [0.717, 1.165) is 24.3 Å². The van der Waals surface area contributed by atoms with Gasteiger partial charge in [-0.1, -0.05) is 0 Å². The first-order valence-corrected chi connectivity index (χ1v) is 10.2. The van der Waals surface area contributed by atoms with E-state index in [2.05, 4.69) is 0 Å². The topological polar surface area (TPSA) is 220 Å². The van der Waals surface area contributed by atoms with Gasteiger partial charge in [0.05, 0.1) is 13.7 Å². The highest BCUT2D eigenvalue weighted by atomic mass is 16.7. The fraction of sp³-hybridized carbons (Fsp3) is 0.318. The minimum atomic E-state index is -1.89. The minimum Gasteiger partial charge on any atom is -0.508 e. The van der Waals surface area contributed by atoms with Crippen LogP contribution in [0.3, 0.4) is 0 Å². The smallest absolute Gasteiger partial charge is 0.239 e. The summed E-state index contributed by atoms with van der Waals surface area (Å²) < 4.78 is 21.4. The first kappa shape index (κ1) is 24.4. The Labute approximate surface area is 195 Å². The molecule has 4 rings (SSSR count). The molecule has 13 heteroatoms. The van der Waals surface area contributed by atoms with Gasteiger partial charge in [-0.3, -0.25) is 4.79 Å². The van der Waals surface area contributed by atoms with Crippen molar-refractivity contribution in [3.05, 3.63) is 34.5 Å². The zero-order valence-electron chi connectivity index (χ0n) is 18.0. The number of methoxy groups -OCH3 is 1. The second-order valence-corrected chi connectivity index (χ2v) is 7.79. The molecule has 0 saturated carbocycles. The Kier molecular flexibility index (Phi) is 6.36. The van der Waals surface area contributed by atoms with Gasteiger partial charge in [0.15, 0.2) is 17.3 Å². The fourth-order valence-electron chi connectivity index (χ4n) is 3.79. The number of phenolic OH excluding ortho intramolecular Hbond substituents is 4.